The minimum Gasteiger partial charge on any atom is -0.400 e. The summed E-state index contributed by atoms with van der Waals surface area (Å²) in [7, 11) is 2.00. The molecule has 3 heteroatoms. The molecule has 0 unspecified atom stereocenters. The van der Waals surface area contributed by atoms with Crippen LogP contribution in [0.25, 0.3) is 0 Å². The normalized spacial score (nSPS) is 7.68. The predicted octanol–water partition coefficient (Wildman–Crippen LogP) is 5.18. The van der Waals surface area contributed by atoms with Gasteiger partial charge in [0, 0.05) is 46.9 Å². The van der Waals surface area contributed by atoms with Crippen LogP contribution < -0.4 is 0 Å². The number of aliphatic hydroxyl groups is 2. The molecule has 1 aromatic rings. The number of rotatable bonds is 3. The van der Waals surface area contributed by atoms with Gasteiger partial charge >= 0.3 is 0 Å². The van der Waals surface area contributed by atoms with Gasteiger partial charge < -0.3 is 10.2 Å². The Bertz CT molecular complexity index is 234. The maximum Gasteiger partial charge on any atom is 0.0319 e. The van der Waals surface area contributed by atoms with Crippen LogP contribution in [-0.4, -0.2) is 24.4 Å². The SMILES string of the molecule is CC.CC(C)C.CC(C)CCc1ccccc1.CO.CO.[Y]. The zero-order chi connectivity index (χ0) is 17.7. The number of aliphatic hydroxyl groups excluding tert-OH is 2. The molecule has 0 aliphatic heterocycles. The molecule has 1 radical (unpaired) electrons. The van der Waals surface area contributed by atoms with E-state index in [4.69, 9.17) is 10.2 Å². The molecule has 0 spiro atoms. The fraction of sp³-hybridized carbons (Fsp3) is 0.684. The van der Waals surface area contributed by atoms with Crippen LogP contribution in [0.3, 0.4) is 0 Å². The van der Waals surface area contributed by atoms with Crippen LogP contribution in [0.1, 0.15) is 60.5 Å². The van der Waals surface area contributed by atoms with E-state index in [2.05, 4.69) is 65.0 Å². The molecule has 0 fully saturated rings. The minimum absolute atomic E-state index is 0. The Morgan fingerprint density at radius 2 is 1.09 bits per heavy atom. The fourth-order valence-electron chi connectivity index (χ4n) is 1.10. The Morgan fingerprint density at radius 1 is 0.773 bits per heavy atom. The summed E-state index contributed by atoms with van der Waals surface area (Å²) in [6.07, 6.45) is 2.52. The Balaban J connectivity index is -0.0000000746. The van der Waals surface area contributed by atoms with Gasteiger partial charge in [0.15, 0.2) is 0 Å². The summed E-state index contributed by atoms with van der Waals surface area (Å²) in [5, 5.41) is 14.0. The molecule has 0 amide bonds. The average molecular weight is 389 g/mol. The van der Waals surface area contributed by atoms with E-state index in [1.54, 1.807) is 0 Å². The first-order chi connectivity index (χ1) is 10.0. The zero-order valence-electron chi connectivity index (χ0n) is 16.4. The van der Waals surface area contributed by atoms with Crippen LogP contribution in [0.5, 0.6) is 0 Å². The van der Waals surface area contributed by atoms with Gasteiger partial charge in [0.1, 0.15) is 0 Å². The monoisotopic (exact) mass is 389 g/mol. The number of aryl methyl sites for hydroxylation is 1. The van der Waals surface area contributed by atoms with Crippen molar-refractivity contribution in [2.45, 2.75) is 61.3 Å². The first kappa shape index (κ1) is 33.8. The Kier molecular flexibility index (Phi) is 50.6. The summed E-state index contributed by atoms with van der Waals surface area (Å²) in [4.78, 5) is 0. The van der Waals surface area contributed by atoms with Gasteiger partial charge in [-0.3, -0.25) is 0 Å². The second kappa shape index (κ2) is 33.0. The van der Waals surface area contributed by atoms with Crippen LogP contribution in [-0.2, 0) is 39.1 Å². The van der Waals surface area contributed by atoms with Crippen molar-refractivity contribution in [3.63, 3.8) is 0 Å². The van der Waals surface area contributed by atoms with E-state index in [1.807, 2.05) is 13.8 Å². The molecule has 131 valence electrons. The second-order valence-corrected chi connectivity index (χ2v) is 5.15. The maximum atomic E-state index is 7.00. The molecule has 0 saturated heterocycles. The van der Waals surface area contributed by atoms with Crippen molar-refractivity contribution in [2.24, 2.45) is 11.8 Å². The first-order valence-corrected chi connectivity index (χ1v) is 7.95. The topological polar surface area (TPSA) is 40.5 Å². The third kappa shape index (κ3) is 42.7. The Morgan fingerprint density at radius 3 is 1.36 bits per heavy atom. The number of benzene rings is 1. The third-order valence-corrected chi connectivity index (χ3v) is 1.85. The molecule has 1 rings (SSSR count). The minimum atomic E-state index is 0. The van der Waals surface area contributed by atoms with Gasteiger partial charge in [0.25, 0.3) is 0 Å². The van der Waals surface area contributed by atoms with Crippen LogP contribution in [0.2, 0.25) is 0 Å². The molecule has 2 N–H and O–H groups in total. The summed E-state index contributed by atoms with van der Waals surface area (Å²) >= 11 is 0. The molecule has 2 nitrogen and oxygen atoms in total. The average Bonchev–Trinajstić information content (AvgIpc) is 2.52. The molecule has 0 saturated carbocycles. The van der Waals surface area contributed by atoms with Gasteiger partial charge in [0.05, 0.1) is 0 Å². The van der Waals surface area contributed by atoms with Crippen molar-refractivity contribution in [1.29, 1.82) is 0 Å². The van der Waals surface area contributed by atoms with Gasteiger partial charge in [-0.1, -0.05) is 78.8 Å². The van der Waals surface area contributed by atoms with E-state index in [9.17, 15) is 0 Å². The van der Waals surface area contributed by atoms with E-state index < -0.39 is 0 Å². The van der Waals surface area contributed by atoms with Crippen molar-refractivity contribution in [2.75, 3.05) is 14.2 Å². The molecule has 22 heavy (non-hydrogen) atoms. The van der Waals surface area contributed by atoms with Gasteiger partial charge in [-0.05, 0) is 30.2 Å². The molecular weight excluding hydrogens is 349 g/mol. The summed E-state index contributed by atoms with van der Waals surface area (Å²) in [5.74, 6) is 1.65. The van der Waals surface area contributed by atoms with Gasteiger partial charge in [0.2, 0.25) is 0 Å². The molecule has 0 aromatic heterocycles. The van der Waals surface area contributed by atoms with Crippen molar-refractivity contribution in [3.05, 3.63) is 35.9 Å². The van der Waals surface area contributed by atoms with Gasteiger partial charge in [-0.25, -0.2) is 0 Å². The Hall–Kier alpha value is 0.244. The van der Waals surface area contributed by atoms with Crippen LogP contribution in [0.4, 0.5) is 0 Å². The second-order valence-electron chi connectivity index (χ2n) is 5.15. The largest absolute Gasteiger partial charge is 0.400 e. The zero-order valence-corrected chi connectivity index (χ0v) is 19.3. The number of hydrogen-bond donors (Lipinski definition) is 2. The smallest absolute Gasteiger partial charge is 0.0319 e. The fourth-order valence-corrected chi connectivity index (χ4v) is 1.10. The van der Waals surface area contributed by atoms with E-state index >= 15 is 0 Å². The molecule has 0 heterocycles. The van der Waals surface area contributed by atoms with Gasteiger partial charge in [-0.15, -0.1) is 0 Å². The summed E-state index contributed by atoms with van der Waals surface area (Å²) in [6.45, 7) is 15.0. The molecule has 0 bridgehead atoms. The van der Waals surface area contributed by atoms with E-state index in [1.165, 1.54) is 18.4 Å². The van der Waals surface area contributed by atoms with Crippen molar-refractivity contribution in [3.8, 4) is 0 Å². The first-order valence-electron chi connectivity index (χ1n) is 7.95. The van der Waals surface area contributed by atoms with Crippen LogP contribution in [0.15, 0.2) is 30.3 Å². The van der Waals surface area contributed by atoms with Crippen molar-refractivity contribution < 1.29 is 42.9 Å². The predicted molar refractivity (Wildman–Crippen MR) is 97.7 cm³/mol. The van der Waals surface area contributed by atoms with Crippen LogP contribution >= 0.6 is 0 Å². The summed E-state index contributed by atoms with van der Waals surface area (Å²) < 4.78 is 0. The van der Waals surface area contributed by atoms with Crippen molar-refractivity contribution in [1.82, 2.24) is 0 Å². The quantitative estimate of drug-likeness (QED) is 0.748. The molecule has 0 aliphatic rings. The van der Waals surface area contributed by atoms with E-state index in [0.717, 1.165) is 26.1 Å². The molecule has 0 aliphatic carbocycles. The maximum absolute atomic E-state index is 7.00. The van der Waals surface area contributed by atoms with E-state index in [0.29, 0.717) is 0 Å². The summed E-state index contributed by atoms with van der Waals surface area (Å²) in [6, 6.07) is 10.7. The number of hydrogen-bond acceptors (Lipinski definition) is 2. The third-order valence-electron chi connectivity index (χ3n) is 1.85. The van der Waals surface area contributed by atoms with E-state index in [-0.39, 0.29) is 32.7 Å². The molecule has 0 atom stereocenters. The molecule has 1 aromatic carbocycles. The van der Waals surface area contributed by atoms with Crippen molar-refractivity contribution >= 4 is 0 Å². The van der Waals surface area contributed by atoms with Crippen LogP contribution in [0, 0.1) is 11.8 Å². The van der Waals surface area contributed by atoms with Gasteiger partial charge in [-0.2, -0.15) is 0 Å². The standard InChI is InChI=1S/C11H16.C4H10.C2H6.2CH4O.Y/c1-10(2)8-9-11-6-4-3-5-7-11;1-4(2)3;3*1-2;/h3-7,10H,8-9H2,1-2H3;4H,1-3H3;1-2H3;2*2H,1H3;. The summed E-state index contributed by atoms with van der Waals surface area (Å²) in [5.41, 5.74) is 1.46. The Labute approximate surface area is 165 Å². The molecular formula is C19H40O2Y.